The predicted molar refractivity (Wildman–Crippen MR) is 132 cm³/mol. The molecule has 0 bridgehead atoms. The number of rotatable bonds is 6. The fourth-order valence-corrected chi connectivity index (χ4v) is 4.21. The van der Waals surface area contributed by atoms with Crippen molar-refractivity contribution in [2.24, 2.45) is 0 Å². The van der Waals surface area contributed by atoms with Gasteiger partial charge < -0.3 is 20.4 Å². The van der Waals surface area contributed by atoms with E-state index >= 15 is 0 Å². The standard InChI is InChI=1S/C25H32N6O/c1-30(2)20-15-9-17(10-16-20)24(32)26-18-11-13-19(14-12-18)27-25-28-22-8-6-5-7-21(22)23(29-25)31(3)4/h5-10,15-16,18-19H,11-14H2,1-4H3,(H,26,32)(H,27,28,29)/t18-,19+. The molecule has 32 heavy (non-hydrogen) atoms. The average molecular weight is 433 g/mol. The minimum Gasteiger partial charge on any atom is -0.378 e. The molecule has 7 heteroatoms. The first kappa shape index (κ1) is 21.9. The highest BCUT2D eigenvalue weighted by atomic mass is 16.1. The molecule has 3 aromatic rings. The number of hydrogen-bond acceptors (Lipinski definition) is 6. The second-order valence-corrected chi connectivity index (χ2v) is 8.89. The van der Waals surface area contributed by atoms with E-state index in [1.807, 2.05) is 80.5 Å². The van der Waals surface area contributed by atoms with Gasteiger partial charge in [0.15, 0.2) is 0 Å². The Morgan fingerprint density at radius 2 is 1.50 bits per heavy atom. The van der Waals surface area contributed by atoms with E-state index in [4.69, 9.17) is 9.97 Å². The maximum atomic E-state index is 12.6. The van der Waals surface area contributed by atoms with E-state index in [1.165, 1.54) is 0 Å². The van der Waals surface area contributed by atoms with E-state index in [9.17, 15) is 4.79 Å². The van der Waals surface area contributed by atoms with Gasteiger partial charge in [-0.05, 0) is 62.1 Å². The highest BCUT2D eigenvalue weighted by molar-refractivity contribution is 5.94. The van der Waals surface area contributed by atoms with Gasteiger partial charge in [0.25, 0.3) is 5.91 Å². The van der Waals surface area contributed by atoms with Crippen molar-refractivity contribution in [3.63, 3.8) is 0 Å². The van der Waals surface area contributed by atoms with E-state index < -0.39 is 0 Å². The first-order valence-corrected chi connectivity index (χ1v) is 11.2. The van der Waals surface area contributed by atoms with Crippen molar-refractivity contribution in [1.82, 2.24) is 15.3 Å². The molecular weight excluding hydrogens is 400 g/mol. The number of fused-ring (bicyclic) bond motifs is 1. The number of nitrogens with zero attached hydrogens (tertiary/aromatic N) is 4. The van der Waals surface area contributed by atoms with Crippen LogP contribution in [0.15, 0.2) is 48.5 Å². The number of carbonyl (C=O) groups is 1. The Morgan fingerprint density at radius 1 is 0.844 bits per heavy atom. The molecule has 2 N–H and O–H groups in total. The van der Waals surface area contributed by atoms with Crippen LogP contribution < -0.4 is 20.4 Å². The Balaban J connectivity index is 1.34. The van der Waals surface area contributed by atoms with Gasteiger partial charge in [0.1, 0.15) is 5.82 Å². The number of aromatic nitrogens is 2. The van der Waals surface area contributed by atoms with Crippen LogP contribution in [0.2, 0.25) is 0 Å². The SMILES string of the molecule is CN(C)c1ccc(C(=O)N[C@H]2CC[C@@H](Nc3nc(N(C)C)c4ccccc4n3)CC2)cc1. The van der Waals surface area contributed by atoms with Gasteiger partial charge in [0.05, 0.1) is 5.52 Å². The van der Waals surface area contributed by atoms with Crippen molar-refractivity contribution in [3.05, 3.63) is 54.1 Å². The number of para-hydroxylation sites is 1. The maximum Gasteiger partial charge on any atom is 0.251 e. The van der Waals surface area contributed by atoms with Gasteiger partial charge in [-0.3, -0.25) is 4.79 Å². The molecule has 1 aliphatic rings. The summed E-state index contributed by atoms with van der Waals surface area (Å²) in [5.74, 6) is 1.58. The first-order chi connectivity index (χ1) is 15.4. The lowest BCUT2D eigenvalue weighted by Crippen LogP contribution is -2.40. The van der Waals surface area contributed by atoms with E-state index in [0.717, 1.165) is 48.1 Å². The molecule has 2 aromatic carbocycles. The van der Waals surface area contributed by atoms with Crippen molar-refractivity contribution in [2.75, 3.05) is 43.3 Å². The monoisotopic (exact) mass is 432 g/mol. The lowest BCUT2D eigenvalue weighted by Gasteiger charge is -2.30. The minimum atomic E-state index is 0.000188. The topological polar surface area (TPSA) is 73.4 Å². The van der Waals surface area contributed by atoms with Gasteiger partial charge in [-0.2, -0.15) is 4.98 Å². The molecule has 0 saturated heterocycles. The number of carbonyl (C=O) groups excluding carboxylic acids is 1. The Hall–Kier alpha value is -3.35. The van der Waals surface area contributed by atoms with Crippen LogP contribution in [0.25, 0.3) is 10.9 Å². The summed E-state index contributed by atoms with van der Waals surface area (Å²) >= 11 is 0. The van der Waals surface area contributed by atoms with E-state index in [-0.39, 0.29) is 11.9 Å². The molecule has 4 rings (SSSR count). The van der Waals surface area contributed by atoms with E-state index in [2.05, 4.69) is 16.7 Å². The van der Waals surface area contributed by atoms with Crippen molar-refractivity contribution in [3.8, 4) is 0 Å². The first-order valence-electron chi connectivity index (χ1n) is 11.2. The van der Waals surface area contributed by atoms with Gasteiger partial charge in [-0.1, -0.05) is 12.1 Å². The third-order valence-corrected chi connectivity index (χ3v) is 6.05. The molecule has 0 atom stereocenters. The van der Waals surface area contributed by atoms with Crippen LogP contribution in [0.4, 0.5) is 17.5 Å². The molecule has 1 saturated carbocycles. The molecule has 1 aliphatic carbocycles. The molecular formula is C25H32N6O. The second-order valence-electron chi connectivity index (χ2n) is 8.89. The summed E-state index contributed by atoms with van der Waals surface area (Å²) in [7, 11) is 7.98. The van der Waals surface area contributed by atoms with Crippen LogP contribution in [0.1, 0.15) is 36.0 Å². The van der Waals surface area contributed by atoms with Crippen LogP contribution in [-0.2, 0) is 0 Å². The zero-order valence-electron chi connectivity index (χ0n) is 19.3. The number of amides is 1. The molecule has 168 valence electrons. The Morgan fingerprint density at radius 3 is 2.16 bits per heavy atom. The van der Waals surface area contributed by atoms with Crippen LogP contribution in [0.5, 0.6) is 0 Å². The van der Waals surface area contributed by atoms with Gasteiger partial charge >= 0.3 is 0 Å². The highest BCUT2D eigenvalue weighted by Crippen LogP contribution is 2.26. The quantitative estimate of drug-likeness (QED) is 0.615. The second kappa shape index (κ2) is 9.42. The highest BCUT2D eigenvalue weighted by Gasteiger charge is 2.24. The molecule has 0 aliphatic heterocycles. The zero-order valence-corrected chi connectivity index (χ0v) is 19.3. The van der Waals surface area contributed by atoms with Gasteiger partial charge in [-0.25, -0.2) is 4.98 Å². The molecule has 1 fully saturated rings. The van der Waals surface area contributed by atoms with Gasteiger partial charge in [0.2, 0.25) is 5.95 Å². The summed E-state index contributed by atoms with van der Waals surface area (Å²) in [5.41, 5.74) is 2.73. The number of benzene rings is 2. The summed E-state index contributed by atoms with van der Waals surface area (Å²) in [6, 6.07) is 16.3. The summed E-state index contributed by atoms with van der Waals surface area (Å²) in [6.45, 7) is 0. The maximum absolute atomic E-state index is 12.6. The molecule has 1 aromatic heterocycles. The molecule has 0 spiro atoms. The van der Waals surface area contributed by atoms with E-state index in [0.29, 0.717) is 17.6 Å². The van der Waals surface area contributed by atoms with Crippen LogP contribution >= 0.6 is 0 Å². The summed E-state index contributed by atoms with van der Waals surface area (Å²) in [5, 5.41) is 7.77. The van der Waals surface area contributed by atoms with Crippen LogP contribution in [0, 0.1) is 0 Å². The lowest BCUT2D eigenvalue weighted by molar-refractivity contribution is 0.0926. The third kappa shape index (κ3) is 4.93. The van der Waals surface area contributed by atoms with Crippen molar-refractivity contribution < 1.29 is 4.79 Å². The van der Waals surface area contributed by atoms with Crippen LogP contribution in [0.3, 0.4) is 0 Å². The largest absolute Gasteiger partial charge is 0.378 e. The molecule has 0 radical (unpaired) electrons. The molecule has 0 unspecified atom stereocenters. The van der Waals surface area contributed by atoms with Crippen molar-refractivity contribution in [2.45, 2.75) is 37.8 Å². The fraction of sp³-hybridized carbons (Fsp3) is 0.400. The number of anilines is 3. The normalized spacial score (nSPS) is 18.2. The number of nitrogens with one attached hydrogen (secondary N) is 2. The summed E-state index contributed by atoms with van der Waals surface area (Å²) in [4.78, 5) is 26.1. The Kier molecular flexibility index (Phi) is 6.44. The summed E-state index contributed by atoms with van der Waals surface area (Å²) < 4.78 is 0. The Bertz CT molecular complexity index is 1070. The smallest absolute Gasteiger partial charge is 0.251 e. The van der Waals surface area contributed by atoms with Crippen LogP contribution in [-0.4, -0.2) is 56.1 Å². The van der Waals surface area contributed by atoms with Crippen molar-refractivity contribution in [1.29, 1.82) is 0 Å². The minimum absolute atomic E-state index is 0.000188. The third-order valence-electron chi connectivity index (χ3n) is 6.05. The predicted octanol–water partition coefficient (Wildman–Crippen LogP) is 3.91. The molecule has 1 heterocycles. The average Bonchev–Trinajstić information content (AvgIpc) is 2.79. The van der Waals surface area contributed by atoms with Crippen molar-refractivity contribution >= 4 is 34.3 Å². The fourth-order valence-electron chi connectivity index (χ4n) is 4.21. The zero-order chi connectivity index (χ0) is 22.7. The van der Waals surface area contributed by atoms with Gasteiger partial charge in [0, 0.05) is 56.9 Å². The number of hydrogen-bond donors (Lipinski definition) is 2. The van der Waals surface area contributed by atoms with E-state index in [1.54, 1.807) is 0 Å². The summed E-state index contributed by atoms with van der Waals surface area (Å²) in [6.07, 6.45) is 3.82. The lowest BCUT2D eigenvalue weighted by atomic mass is 9.91. The van der Waals surface area contributed by atoms with Gasteiger partial charge in [-0.15, -0.1) is 0 Å². The molecule has 7 nitrogen and oxygen atoms in total. The molecule has 1 amide bonds. The Labute approximate surface area is 189 Å².